The van der Waals surface area contributed by atoms with Crippen molar-refractivity contribution < 1.29 is 26.4 Å². The van der Waals surface area contributed by atoms with Crippen LogP contribution in [0.1, 0.15) is 24.3 Å². The van der Waals surface area contributed by atoms with E-state index in [4.69, 9.17) is 27.9 Å². The van der Waals surface area contributed by atoms with Crippen molar-refractivity contribution in [2.75, 3.05) is 25.3 Å². The molecule has 0 spiro atoms. The van der Waals surface area contributed by atoms with Gasteiger partial charge < -0.3 is 10.1 Å². The maximum atomic E-state index is 13.2. The molecule has 0 aromatic heterocycles. The molecule has 1 unspecified atom stereocenters. The SMILES string of the molecule is COCC(C(=O)Nc1cc(Cl)c(-c2ccc(S(C)(=O)=O)cc2)c(Cl)c1)c1ccc(S(=O)(=O)C2CC2)cc1. The summed E-state index contributed by atoms with van der Waals surface area (Å²) in [5.74, 6) is -1.08. The van der Waals surface area contributed by atoms with Gasteiger partial charge in [0.2, 0.25) is 5.91 Å². The molecule has 0 radical (unpaired) electrons. The number of carbonyl (C=O) groups is 1. The lowest BCUT2D eigenvalue weighted by molar-refractivity contribution is -0.118. The molecule has 1 amide bonds. The van der Waals surface area contributed by atoms with E-state index < -0.39 is 25.6 Å². The number of nitrogens with one attached hydrogen (secondary N) is 1. The normalized spacial score (nSPS) is 14.8. The second-order valence-corrected chi connectivity index (χ2v) is 14.0. The van der Waals surface area contributed by atoms with Gasteiger partial charge in [-0.1, -0.05) is 47.5 Å². The number of benzene rings is 3. The summed E-state index contributed by atoms with van der Waals surface area (Å²) in [6.45, 7) is 0.0762. The van der Waals surface area contributed by atoms with E-state index in [0.29, 0.717) is 35.2 Å². The maximum absolute atomic E-state index is 13.2. The Bertz CT molecular complexity index is 1510. The molecule has 0 bridgehead atoms. The number of carbonyl (C=O) groups excluding carboxylic acids is 1. The van der Waals surface area contributed by atoms with Crippen LogP contribution in [0.15, 0.2) is 70.5 Å². The predicted molar refractivity (Wildman–Crippen MR) is 145 cm³/mol. The molecule has 3 aromatic rings. The molecular weight excluding hydrogens is 557 g/mol. The molecule has 1 saturated carbocycles. The van der Waals surface area contributed by atoms with E-state index in [1.54, 1.807) is 36.4 Å². The first kappa shape index (κ1) is 27.6. The lowest BCUT2D eigenvalue weighted by Crippen LogP contribution is -2.25. The lowest BCUT2D eigenvalue weighted by atomic mass is 9.99. The van der Waals surface area contributed by atoms with Gasteiger partial charge in [-0.3, -0.25) is 4.79 Å². The largest absolute Gasteiger partial charge is 0.384 e. The average Bonchev–Trinajstić information content (AvgIpc) is 3.68. The number of amides is 1. The van der Waals surface area contributed by atoms with Crippen LogP contribution >= 0.6 is 23.2 Å². The number of sulfone groups is 2. The summed E-state index contributed by atoms with van der Waals surface area (Å²) in [6, 6.07) is 15.6. The van der Waals surface area contributed by atoms with Crippen molar-refractivity contribution in [1.29, 1.82) is 0 Å². The number of rotatable bonds is 9. The Labute approximate surface area is 226 Å². The number of hydrogen-bond donors (Lipinski definition) is 1. The third-order valence-electron chi connectivity index (χ3n) is 6.10. The fraction of sp³-hybridized carbons (Fsp3) is 0.269. The van der Waals surface area contributed by atoms with Crippen LogP contribution in [0.5, 0.6) is 0 Å². The van der Waals surface area contributed by atoms with E-state index in [1.807, 2.05) is 0 Å². The van der Waals surface area contributed by atoms with Gasteiger partial charge in [-0.05, 0) is 60.4 Å². The summed E-state index contributed by atoms with van der Waals surface area (Å²) in [5, 5.41) is 3.03. The number of methoxy groups -OCH3 is 1. The van der Waals surface area contributed by atoms with Gasteiger partial charge in [-0.2, -0.15) is 0 Å². The highest BCUT2D eigenvalue weighted by Gasteiger charge is 2.37. The Morgan fingerprint density at radius 2 is 1.49 bits per heavy atom. The van der Waals surface area contributed by atoms with E-state index in [0.717, 1.165) is 6.26 Å². The summed E-state index contributed by atoms with van der Waals surface area (Å²) in [6.07, 6.45) is 2.48. The van der Waals surface area contributed by atoms with E-state index in [9.17, 15) is 21.6 Å². The minimum atomic E-state index is -3.34. The van der Waals surface area contributed by atoms with E-state index >= 15 is 0 Å². The van der Waals surface area contributed by atoms with Crippen molar-refractivity contribution in [1.82, 2.24) is 0 Å². The van der Waals surface area contributed by atoms with Crippen LogP contribution in [0.3, 0.4) is 0 Å². The van der Waals surface area contributed by atoms with Crippen LogP contribution < -0.4 is 5.32 Å². The first-order valence-corrected chi connectivity index (χ1v) is 15.5. The zero-order valence-electron chi connectivity index (χ0n) is 20.1. The molecule has 0 aliphatic heterocycles. The molecule has 37 heavy (non-hydrogen) atoms. The Morgan fingerprint density at radius 3 is 1.97 bits per heavy atom. The molecule has 196 valence electrons. The van der Waals surface area contributed by atoms with Crippen LogP contribution in [-0.2, 0) is 29.2 Å². The number of anilines is 1. The molecule has 7 nitrogen and oxygen atoms in total. The molecule has 1 atom stereocenters. The van der Waals surface area contributed by atoms with Crippen molar-refractivity contribution in [3.8, 4) is 11.1 Å². The Morgan fingerprint density at radius 1 is 0.946 bits per heavy atom. The second-order valence-electron chi connectivity index (χ2n) is 8.92. The predicted octanol–water partition coefficient (Wildman–Crippen LogP) is 5.37. The highest BCUT2D eigenvalue weighted by atomic mass is 35.5. The van der Waals surface area contributed by atoms with Gasteiger partial charge in [0.1, 0.15) is 0 Å². The highest BCUT2D eigenvalue weighted by Crippen LogP contribution is 2.38. The molecule has 1 fully saturated rings. The Balaban J connectivity index is 1.55. The first-order valence-electron chi connectivity index (χ1n) is 11.3. The van der Waals surface area contributed by atoms with Gasteiger partial charge in [0.25, 0.3) is 0 Å². The van der Waals surface area contributed by atoms with Crippen molar-refractivity contribution in [2.24, 2.45) is 0 Å². The van der Waals surface area contributed by atoms with Gasteiger partial charge in [0.15, 0.2) is 19.7 Å². The molecular formula is C26H25Cl2NO6S2. The molecule has 1 aliphatic carbocycles. The van der Waals surface area contributed by atoms with Crippen LogP contribution in [0.2, 0.25) is 10.0 Å². The van der Waals surface area contributed by atoms with Gasteiger partial charge in [0, 0.05) is 24.6 Å². The summed E-state index contributed by atoms with van der Waals surface area (Å²) < 4.78 is 53.7. The summed E-state index contributed by atoms with van der Waals surface area (Å²) >= 11 is 13.0. The minimum absolute atomic E-state index is 0.0762. The number of hydrogen-bond acceptors (Lipinski definition) is 6. The standard InChI is InChI=1S/C26H25Cl2NO6S2/c1-35-15-22(16-3-9-20(10-4-16)37(33,34)21-11-12-21)26(30)29-18-13-23(27)25(24(28)14-18)17-5-7-19(8-6-17)36(2,31)32/h3-10,13-14,21-22H,11-12,15H2,1-2H3,(H,29,30). The molecule has 3 aromatic carbocycles. The average molecular weight is 583 g/mol. The third kappa shape index (κ3) is 6.18. The van der Waals surface area contributed by atoms with Crippen LogP contribution in [0, 0.1) is 0 Å². The van der Waals surface area contributed by atoms with Crippen LogP contribution in [0.25, 0.3) is 11.1 Å². The smallest absolute Gasteiger partial charge is 0.234 e. The van der Waals surface area contributed by atoms with Crippen molar-refractivity contribution in [3.63, 3.8) is 0 Å². The maximum Gasteiger partial charge on any atom is 0.234 e. The second kappa shape index (κ2) is 10.7. The Hall–Kier alpha value is -2.43. The Kier molecular flexibility index (Phi) is 8.02. The molecule has 1 aliphatic rings. The van der Waals surface area contributed by atoms with Gasteiger partial charge >= 0.3 is 0 Å². The lowest BCUT2D eigenvalue weighted by Gasteiger charge is -2.18. The molecule has 4 rings (SSSR count). The fourth-order valence-corrected chi connectivity index (χ4v) is 6.96. The number of halogens is 2. The van der Waals surface area contributed by atoms with E-state index in [2.05, 4.69) is 5.32 Å². The summed E-state index contributed by atoms with van der Waals surface area (Å²) in [4.78, 5) is 13.6. The monoisotopic (exact) mass is 581 g/mol. The molecule has 1 N–H and O–H groups in total. The van der Waals surface area contributed by atoms with Crippen molar-refractivity contribution >= 4 is 54.5 Å². The zero-order chi connectivity index (χ0) is 27.0. The molecule has 11 heteroatoms. The zero-order valence-corrected chi connectivity index (χ0v) is 23.2. The topological polar surface area (TPSA) is 107 Å². The fourth-order valence-electron chi connectivity index (χ4n) is 3.97. The highest BCUT2D eigenvalue weighted by molar-refractivity contribution is 7.92. The molecule has 0 heterocycles. The minimum Gasteiger partial charge on any atom is -0.384 e. The number of ether oxygens (including phenoxy) is 1. The first-order chi connectivity index (χ1) is 17.4. The van der Waals surface area contributed by atoms with Crippen LogP contribution in [0.4, 0.5) is 5.69 Å². The van der Waals surface area contributed by atoms with Gasteiger partial charge in [-0.25, -0.2) is 16.8 Å². The third-order valence-corrected chi connectivity index (χ3v) is 10.1. The van der Waals surface area contributed by atoms with Gasteiger partial charge in [-0.15, -0.1) is 0 Å². The van der Waals surface area contributed by atoms with Crippen molar-refractivity contribution in [3.05, 3.63) is 76.3 Å². The van der Waals surface area contributed by atoms with Crippen molar-refractivity contribution in [2.45, 2.75) is 33.8 Å². The van der Waals surface area contributed by atoms with Gasteiger partial charge in [0.05, 0.1) is 37.6 Å². The van der Waals surface area contributed by atoms with E-state index in [1.165, 1.54) is 31.4 Å². The summed E-state index contributed by atoms with van der Waals surface area (Å²) in [5.41, 5.74) is 2.10. The van der Waals surface area contributed by atoms with Crippen LogP contribution in [-0.4, -0.2) is 48.0 Å². The quantitative estimate of drug-likeness (QED) is 0.364. The van der Waals surface area contributed by atoms with E-state index in [-0.39, 0.29) is 37.6 Å². The summed E-state index contributed by atoms with van der Waals surface area (Å²) in [7, 11) is -5.19. The molecule has 0 saturated heterocycles.